The van der Waals surface area contributed by atoms with Crippen molar-refractivity contribution in [2.75, 3.05) is 0 Å². The van der Waals surface area contributed by atoms with Crippen LogP contribution in [-0.2, 0) is 6.42 Å². The van der Waals surface area contributed by atoms with Gasteiger partial charge in [0.15, 0.2) is 0 Å². The quantitative estimate of drug-likeness (QED) is 0.876. The first kappa shape index (κ1) is 12.9. The van der Waals surface area contributed by atoms with Gasteiger partial charge >= 0.3 is 0 Å². The third-order valence-corrected chi connectivity index (χ3v) is 4.87. The summed E-state index contributed by atoms with van der Waals surface area (Å²) in [5.41, 5.74) is 8.32. The number of benzene rings is 1. The number of hydrogen-bond acceptors (Lipinski definition) is 2. The summed E-state index contributed by atoms with van der Waals surface area (Å²) >= 11 is 13.9. The van der Waals surface area contributed by atoms with Crippen LogP contribution in [0.25, 0.3) is 0 Å². The summed E-state index contributed by atoms with van der Waals surface area (Å²) in [6.45, 7) is 1.99. The fourth-order valence-electron chi connectivity index (χ4n) is 1.69. The zero-order chi connectivity index (χ0) is 12.4. The van der Waals surface area contributed by atoms with E-state index in [2.05, 4.69) is 0 Å². The number of nitrogens with two attached hydrogens (primary N) is 1. The molecule has 1 atom stereocenters. The van der Waals surface area contributed by atoms with Crippen molar-refractivity contribution in [1.29, 1.82) is 0 Å². The van der Waals surface area contributed by atoms with E-state index in [-0.39, 0.29) is 6.04 Å². The Morgan fingerprint density at radius 2 is 2.00 bits per heavy atom. The maximum atomic E-state index is 6.21. The van der Waals surface area contributed by atoms with Crippen LogP contribution in [-0.4, -0.2) is 0 Å². The van der Waals surface area contributed by atoms with Crippen LogP contribution in [0, 0.1) is 6.92 Å². The first-order chi connectivity index (χ1) is 8.09. The molecule has 0 saturated carbocycles. The molecule has 2 aromatic rings. The normalized spacial score (nSPS) is 12.7. The third-order valence-electron chi connectivity index (χ3n) is 2.66. The lowest BCUT2D eigenvalue weighted by Crippen LogP contribution is -2.12. The van der Waals surface area contributed by atoms with Crippen molar-refractivity contribution in [3.63, 3.8) is 0 Å². The molecule has 2 rings (SSSR count). The van der Waals surface area contributed by atoms with Gasteiger partial charge in [-0.15, -0.1) is 11.3 Å². The van der Waals surface area contributed by atoms with Gasteiger partial charge in [0.1, 0.15) is 0 Å². The van der Waals surface area contributed by atoms with E-state index in [1.807, 2.05) is 36.6 Å². The smallest absolute Gasteiger partial charge is 0.0590 e. The van der Waals surface area contributed by atoms with Crippen LogP contribution in [0.4, 0.5) is 0 Å². The summed E-state index contributed by atoms with van der Waals surface area (Å²) < 4.78 is 0. The molecule has 1 unspecified atom stereocenters. The highest BCUT2D eigenvalue weighted by atomic mass is 35.5. The summed E-state index contributed by atoms with van der Waals surface area (Å²) in [6, 6.07) is 7.66. The highest BCUT2D eigenvalue weighted by Gasteiger charge is 2.15. The fourth-order valence-corrected chi connectivity index (χ4v) is 3.24. The summed E-state index contributed by atoms with van der Waals surface area (Å²) in [5.74, 6) is 0. The Balaban J connectivity index is 2.20. The highest BCUT2D eigenvalue weighted by Crippen LogP contribution is 2.33. The van der Waals surface area contributed by atoms with Crippen LogP contribution < -0.4 is 5.73 Å². The van der Waals surface area contributed by atoms with Gasteiger partial charge in [0.2, 0.25) is 0 Å². The summed E-state index contributed by atoms with van der Waals surface area (Å²) in [7, 11) is 0. The van der Waals surface area contributed by atoms with Crippen LogP contribution in [0.3, 0.4) is 0 Å². The van der Waals surface area contributed by atoms with E-state index in [1.54, 1.807) is 11.3 Å². The molecule has 0 aliphatic heterocycles. The van der Waals surface area contributed by atoms with Crippen molar-refractivity contribution in [1.82, 2.24) is 0 Å². The largest absolute Gasteiger partial charge is 0.323 e. The Kier molecular flexibility index (Phi) is 4.10. The van der Waals surface area contributed by atoms with E-state index in [9.17, 15) is 0 Å². The van der Waals surface area contributed by atoms with E-state index in [0.29, 0.717) is 6.42 Å². The molecule has 4 heteroatoms. The Bertz CT molecular complexity index is 522. The molecule has 0 aliphatic rings. The van der Waals surface area contributed by atoms with Crippen molar-refractivity contribution in [2.45, 2.75) is 19.4 Å². The molecule has 0 bridgehead atoms. The average Bonchev–Trinajstić information content (AvgIpc) is 2.63. The van der Waals surface area contributed by atoms with Crippen LogP contribution in [0.1, 0.15) is 22.0 Å². The SMILES string of the molecule is Cc1csc(C(N)Cc2ccccc2Cl)c1Cl. The van der Waals surface area contributed by atoms with Gasteiger partial charge in [-0.3, -0.25) is 0 Å². The minimum absolute atomic E-state index is 0.0962. The van der Waals surface area contributed by atoms with E-state index in [1.165, 1.54) is 0 Å². The molecular weight excluding hydrogens is 273 g/mol. The second kappa shape index (κ2) is 5.40. The van der Waals surface area contributed by atoms with Crippen molar-refractivity contribution < 1.29 is 0 Å². The van der Waals surface area contributed by atoms with Gasteiger partial charge in [-0.25, -0.2) is 0 Å². The first-order valence-electron chi connectivity index (χ1n) is 5.32. The highest BCUT2D eigenvalue weighted by molar-refractivity contribution is 7.10. The van der Waals surface area contributed by atoms with Crippen LogP contribution in [0.5, 0.6) is 0 Å². The number of rotatable bonds is 3. The average molecular weight is 286 g/mol. The molecular formula is C13H13Cl2NS. The minimum Gasteiger partial charge on any atom is -0.323 e. The Morgan fingerprint density at radius 1 is 1.29 bits per heavy atom. The van der Waals surface area contributed by atoms with Gasteiger partial charge in [0, 0.05) is 15.9 Å². The lowest BCUT2D eigenvalue weighted by molar-refractivity contribution is 0.736. The van der Waals surface area contributed by atoms with Gasteiger partial charge < -0.3 is 5.73 Å². The number of hydrogen-bond donors (Lipinski definition) is 1. The molecule has 0 fully saturated rings. The summed E-state index contributed by atoms with van der Waals surface area (Å²) in [6.07, 6.45) is 0.708. The second-order valence-corrected chi connectivity index (χ2v) is 5.70. The molecule has 0 amide bonds. The van der Waals surface area contributed by atoms with Crippen LogP contribution in [0.2, 0.25) is 10.0 Å². The van der Waals surface area contributed by atoms with Crippen molar-refractivity contribution >= 4 is 34.5 Å². The maximum absolute atomic E-state index is 6.21. The van der Waals surface area contributed by atoms with Crippen LogP contribution in [0.15, 0.2) is 29.6 Å². The Hall–Kier alpha value is -0.540. The zero-order valence-corrected chi connectivity index (χ0v) is 11.7. The van der Waals surface area contributed by atoms with E-state index < -0.39 is 0 Å². The number of halogens is 2. The molecule has 0 radical (unpaired) electrons. The van der Waals surface area contributed by atoms with Crippen molar-refractivity contribution in [3.8, 4) is 0 Å². The molecule has 0 saturated heterocycles. The van der Waals surface area contributed by atoms with Gasteiger partial charge in [-0.2, -0.15) is 0 Å². The Morgan fingerprint density at radius 3 is 2.59 bits per heavy atom. The summed E-state index contributed by atoms with van der Waals surface area (Å²) in [4.78, 5) is 1.03. The van der Waals surface area contributed by atoms with Gasteiger partial charge in [-0.1, -0.05) is 41.4 Å². The summed E-state index contributed by atoms with van der Waals surface area (Å²) in [5, 5.41) is 3.58. The predicted octanol–water partition coefficient (Wildman–Crippen LogP) is 4.61. The zero-order valence-electron chi connectivity index (χ0n) is 9.41. The van der Waals surface area contributed by atoms with Gasteiger partial charge in [0.05, 0.1) is 5.02 Å². The Labute approximate surface area is 115 Å². The lowest BCUT2D eigenvalue weighted by atomic mass is 10.1. The van der Waals surface area contributed by atoms with Gasteiger partial charge in [0.25, 0.3) is 0 Å². The topological polar surface area (TPSA) is 26.0 Å². The fraction of sp³-hybridized carbons (Fsp3) is 0.231. The molecule has 0 aliphatic carbocycles. The van der Waals surface area contributed by atoms with E-state index in [4.69, 9.17) is 28.9 Å². The molecule has 90 valence electrons. The molecule has 1 heterocycles. The van der Waals surface area contributed by atoms with Gasteiger partial charge in [-0.05, 0) is 35.9 Å². The van der Waals surface area contributed by atoms with Crippen LogP contribution >= 0.6 is 34.5 Å². The molecule has 1 nitrogen and oxygen atoms in total. The minimum atomic E-state index is -0.0962. The number of aryl methyl sites for hydroxylation is 1. The number of thiophene rings is 1. The lowest BCUT2D eigenvalue weighted by Gasteiger charge is -2.11. The molecule has 0 spiro atoms. The molecule has 17 heavy (non-hydrogen) atoms. The molecule has 1 aromatic carbocycles. The second-order valence-electron chi connectivity index (χ2n) is 4.00. The van der Waals surface area contributed by atoms with E-state index >= 15 is 0 Å². The third kappa shape index (κ3) is 2.83. The van der Waals surface area contributed by atoms with Crippen molar-refractivity contribution in [3.05, 3.63) is 55.7 Å². The van der Waals surface area contributed by atoms with Crippen molar-refractivity contribution in [2.24, 2.45) is 5.73 Å². The van der Waals surface area contributed by atoms with E-state index in [0.717, 1.165) is 26.0 Å². The molecule has 1 aromatic heterocycles. The monoisotopic (exact) mass is 285 g/mol. The predicted molar refractivity (Wildman–Crippen MR) is 76.2 cm³/mol. The molecule has 2 N–H and O–H groups in total. The maximum Gasteiger partial charge on any atom is 0.0590 e. The standard InChI is InChI=1S/C13H13Cl2NS/c1-8-7-17-13(12(8)15)11(16)6-9-4-2-3-5-10(9)14/h2-5,7,11H,6,16H2,1H3. The first-order valence-corrected chi connectivity index (χ1v) is 6.95.